The van der Waals surface area contributed by atoms with Gasteiger partial charge in [0.1, 0.15) is 0 Å². The second-order valence-electron chi connectivity index (χ2n) is 6.22. The highest BCUT2D eigenvalue weighted by Gasteiger charge is 2.39. The topological polar surface area (TPSA) is 21.3 Å². The maximum atomic E-state index is 6.14. The van der Waals surface area contributed by atoms with Crippen molar-refractivity contribution in [2.75, 3.05) is 11.9 Å². The molecule has 2 aromatic carbocycles. The first-order valence-electron chi connectivity index (χ1n) is 7.86. The third-order valence-electron chi connectivity index (χ3n) is 4.81. The van der Waals surface area contributed by atoms with E-state index in [0.717, 1.165) is 13.0 Å². The minimum absolute atomic E-state index is 0.238. The largest absolute Gasteiger partial charge is 0.378 e. The van der Waals surface area contributed by atoms with Gasteiger partial charge in [-0.05, 0) is 31.4 Å². The van der Waals surface area contributed by atoms with Gasteiger partial charge in [0.25, 0.3) is 0 Å². The van der Waals surface area contributed by atoms with Crippen molar-refractivity contribution in [1.29, 1.82) is 0 Å². The molecular weight excluding hydrogens is 258 g/mol. The lowest BCUT2D eigenvalue weighted by Gasteiger charge is -2.43. The summed E-state index contributed by atoms with van der Waals surface area (Å²) in [5.74, 6) is 0.524. The Labute approximate surface area is 126 Å². The maximum absolute atomic E-state index is 6.14. The van der Waals surface area contributed by atoms with Crippen LogP contribution in [0.5, 0.6) is 0 Å². The fourth-order valence-electron chi connectivity index (χ4n) is 3.72. The molecule has 2 heteroatoms. The molecule has 1 saturated heterocycles. The third-order valence-corrected chi connectivity index (χ3v) is 4.81. The third kappa shape index (κ3) is 2.24. The van der Waals surface area contributed by atoms with Gasteiger partial charge in [-0.1, -0.05) is 48.0 Å². The highest BCUT2D eigenvalue weighted by atomic mass is 16.5. The Hall–Kier alpha value is -1.80. The maximum Gasteiger partial charge on any atom is 0.0895 e. The smallest absolute Gasteiger partial charge is 0.0895 e. The molecule has 0 aliphatic carbocycles. The second-order valence-corrected chi connectivity index (χ2v) is 6.22. The number of ether oxygens (including phenoxy) is 1. The van der Waals surface area contributed by atoms with Crippen LogP contribution < -0.4 is 5.32 Å². The number of aryl methyl sites for hydroxylation is 1. The van der Waals surface area contributed by atoms with E-state index in [1.807, 2.05) is 0 Å². The van der Waals surface area contributed by atoms with Crippen LogP contribution in [0.15, 0.2) is 48.5 Å². The highest BCUT2D eigenvalue weighted by molar-refractivity contribution is 5.57. The van der Waals surface area contributed by atoms with Gasteiger partial charge in [-0.3, -0.25) is 0 Å². The van der Waals surface area contributed by atoms with Crippen molar-refractivity contribution >= 4 is 5.69 Å². The molecule has 2 aliphatic heterocycles. The van der Waals surface area contributed by atoms with E-state index < -0.39 is 0 Å². The van der Waals surface area contributed by atoms with E-state index in [4.69, 9.17) is 4.74 Å². The monoisotopic (exact) mass is 279 g/mol. The average Bonchev–Trinajstić information content (AvgIpc) is 2.55. The van der Waals surface area contributed by atoms with Gasteiger partial charge in [-0.15, -0.1) is 0 Å². The average molecular weight is 279 g/mol. The van der Waals surface area contributed by atoms with Crippen molar-refractivity contribution in [3.8, 4) is 0 Å². The zero-order chi connectivity index (χ0) is 14.2. The van der Waals surface area contributed by atoms with E-state index in [1.165, 1.54) is 28.8 Å². The fraction of sp³-hybridized carbons (Fsp3) is 0.368. The van der Waals surface area contributed by atoms with Crippen LogP contribution in [0.2, 0.25) is 0 Å². The molecule has 2 heterocycles. The van der Waals surface area contributed by atoms with Gasteiger partial charge < -0.3 is 10.1 Å². The summed E-state index contributed by atoms with van der Waals surface area (Å²) in [4.78, 5) is 0. The fourth-order valence-corrected chi connectivity index (χ4v) is 3.72. The van der Waals surface area contributed by atoms with E-state index in [-0.39, 0.29) is 6.10 Å². The van der Waals surface area contributed by atoms with Crippen LogP contribution in [-0.2, 0) is 4.74 Å². The summed E-state index contributed by atoms with van der Waals surface area (Å²) in [5, 5.41) is 3.75. The Bertz CT molecular complexity index is 634. The molecule has 4 rings (SSSR count). The molecule has 3 atom stereocenters. The number of hydrogen-bond donors (Lipinski definition) is 1. The van der Waals surface area contributed by atoms with E-state index in [9.17, 15) is 0 Å². The van der Waals surface area contributed by atoms with Gasteiger partial charge in [0.15, 0.2) is 0 Å². The molecule has 0 saturated carbocycles. The number of benzene rings is 2. The molecule has 3 unspecified atom stereocenters. The first-order chi connectivity index (χ1) is 10.3. The van der Waals surface area contributed by atoms with Crippen LogP contribution in [0.1, 0.15) is 41.7 Å². The van der Waals surface area contributed by atoms with Crippen LogP contribution in [0.4, 0.5) is 5.69 Å². The van der Waals surface area contributed by atoms with Gasteiger partial charge in [0, 0.05) is 23.8 Å². The predicted molar refractivity (Wildman–Crippen MR) is 85.4 cm³/mol. The van der Waals surface area contributed by atoms with E-state index in [1.54, 1.807) is 0 Å². The molecule has 2 nitrogen and oxygen atoms in total. The predicted octanol–water partition coefficient (Wildman–Crippen LogP) is 4.63. The van der Waals surface area contributed by atoms with Crippen molar-refractivity contribution in [1.82, 2.24) is 0 Å². The summed E-state index contributed by atoms with van der Waals surface area (Å²) < 4.78 is 6.14. The number of para-hydroxylation sites is 1. The second kappa shape index (κ2) is 5.19. The van der Waals surface area contributed by atoms with Crippen molar-refractivity contribution in [2.45, 2.75) is 31.9 Å². The standard InChI is InChI=1S/C19H21NO/c1-13-8-10-14(11-9-13)18-16-6-4-12-21-19(16)15-5-2-3-7-17(15)20-18/h2-3,5,7-11,16,18-20H,4,6,12H2,1H3. The van der Waals surface area contributed by atoms with Crippen LogP contribution in [-0.4, -0.2) is 6.61 Å². The quantitative estimate of drug-likeness (QED) is 0.821. The summed E-state index contributed by atoms with van der Waals surface area (Å²) in [6, 6.07) is 17.9. The number of fused-ring (bicyclic) bond motifs is 3. The SMILES string of the molecule is Cc1ccc(C2Nc3ccccc3C3OCCCC23)cc1. The first-order valence-corrected chi connectivity index (χ1v) is 7.86. The van der Waals surface area contributed by atoms with Crippen LogP contribution in [0, 0.1) is 12.8 Å². The molecule has 0 spiro atoms. The normalized spacial score (nSPS) is 27.4. The molecule has 2 aliphatic rings. The van der Waals surface area contributed by atoms with Gasteiger partial charge in [-0.25, -0.2) is 0 Å². The molecule has 2 aromatic rings. The lowest BCUT2D eigenvalue weighted by molar-refractivity contribution is -0.0381. The Kier molecular flexibility index (Phi) is 3.19. The number of nitrogens with one attached hydrogen (secondary N) is 1. The van der Waals surface area contributed by atoms with E-state index >= 15 is 0 Å². The zero-order valence-electron chi connectivity index (χ0n) is 12.4. The van der Waals surface area contributed by atoms with Crippen molar-refractivity contribution < 1.29 is 4.74 Å². The first kappa shape index (κ1) is 12.9. The summed E-state index contributed by atoms with van der Waals surface area (Å²) in [6.07, 6.45) is 2.63. The Balaban J connectivity index is 1.76. The summed E-state index contributed by atoms with van der Waals surface area (Å²) in [7, 11) is 0. The Morgan fingerprint density at radius 3 is 2.71 bits per heavy atom. The Morgan fingerprint density at radius 2 is 1.86 bits per heavy atom. The highest BCUT2D eigenvalue weighted by Crippen LogP contribution is 2.48. The van der Waals surface area contributed by atoms with Crippen molar-refractivity contribution in [2.24, 2.45) is 5.92 Å². The molecule has 21 heavy (non-hydrogen) atoms. The van der Waals surface area contributed by atoms with Crippen LogP contribution in [0.3, 0.4) is 0 Å². The molecule has 0 amide bonds. The van der Waals surface area contributed by atoms with Crippen molar-refractivity contribution in [3.63, 3.8) is 0 Å². The van der Waals surface area contributed by atoms with Gasteiger partial charge in [0.2, 0.25) is 0 Å². The summed E-state index contributed by atoms with van der Waals surface area (Å²) in [5.41, 5.74) is 5.23. The van der Waals surface area contributed by atoms with Crippen LogP contribution in [0.25, 0.3) is 0 Å². The Morgan fingerprint density at radius 1 is 1.05 bits per heavy atom. The molecule has 1 N–H and O–H groups in total. The number of hydrogen-bond acceptors (Lipinski definition) is 2. The molecular formula is C19H21NO. The van der Waals surface area contributed by atoms with Gasteiger partial charge in [0.05, 0.1) is 12.1 Å². The van der Waals surface area contributed by atoms with Crippen LogP contribution >= 0.6 is 0 Å². The summed E-state index contributed by atoms with van der Waals surface area (Å²) >= 11 is 0. The number of anilines is 1. The molecule has 0 bridgehead atoms. The molecule has 0 radical (unpaired) electrons. The lowest BCUT2D eigenvalue weighted by Crippen LogP contribution is -2.35. The molecule has 108 valence electrons. The van der Waals surface area contributed by atoms with Gasteiger partial charge in [-0.2, -0.15) is 0 Å². The minimum atomic E-state index is 0.238. The lowest BCUT2D eigenvalue weighted by atomic mass is 9.77. The molecule has 1 fully saturated rings. The van der Waals surface area contributed by atoms with E-state index in [2.05, 4.69) is 60.8 Å². The zero-order valence-corrected chi connectivity index (χ0v) is 12.4. The van der Waals surface area contributed by atoms with Gasteiger partial charge >= 0.3 is 0 Å². The summed E-state index contributed by atoms with van der Waals surface area (Å²) in [6.45, 7) is 3.02. The van der Waals surface area contributed by atoms with E-state index in [0.29, 0.717) is 12.0 Å². The number of rotatable bonds is 1. The van der Waals surface area contributed by atoms with Crippen molar-refractivity contribution in [3.05, 3.63) is 65.2 Å². The molecule has 0 aromatic heterocycles. The minimum Gasteiger partial charge on any atom is -0.378 e.